The minimum absolute atomic E-state index is 0.0620. The van der Waals surface area contributed by atoms with Crippen molar-refractivity contribution in [3.05, 3.63) is 47.5 Å². The maximum Gasteiger partial charge on any atom is 0.311 e. The van der Waals surface area contributed by atoms with Gasteiger partial charge < -0.3 is 15.2 Å². The minimum atomic E-state index is -1.08. The van der Waals surface area contributed by atoms with Gasteiger partial charge in [-0.15, -0.1) is 12.6 Å². The van der Waals surface area contributed by atoms with Crippen molar-refractivity contribution in [1.29, 1.82) is 0 Å². The average molecular weight is 383 g/mol. The lowest BCUT2D eigenvalue weighted by Gasteiger charge is -2.19. The predicted octanol–water partition coefficient (Wildman–Crippen LogP) is 1.69. The number of carbonyl (C=O) groups excluding carboxylic acids is 1. The molecule has 138 valence electrons. The molecule has 10 heteroatoms. The molecule has 2 atom stereocenters. The molecule has 1 amide bonds. The van der Waals surface area contributed by atoms with Crippen LogP contribution in [-0.4, -0.2) is 36.5 Å². The van der Waals surface area contributed by atoms with Gasteiger partial charge in [-0.1, -0.05) is 0 Å². The Labute approximate surface area is 152 Å². The number of hydrogen-bond acceptors (Lipinski definition) is 7. The van der Waals surface area contributed by atoms with Crippen LogP contribution in [0, 0.1) is 11.7 Å². The molecule has 26 heavy (non-hydrogen) atoms. The lowest BCUT2D eigenvalue weighted by molar-refractivity contribution is -0.134. The number of nitrogens with zero attached hydrogens (tertiary/aromatic N) is 1. The van der Waals surface area contributed by atoms with E-state index in [9.17, 15) is 13.6 Å². The Kier molecular flexibility index (Phi) is 5.55. The molecule has 0 radical (unpaired) electrons. The van der Waals surface area contributed by atoms with Crippen molar-refractivity contribution in [2.75, 3.05) is 18.5 Å². The maximum atomic E-state index is 14.1. The Hall–Kier alpha value is -2.43. The molecule has 0 aliphatic carbocycles. The van der Waals surface area contributed by atoms with Gasteiger partial charge in [0.1, 0.15) is 5.82 Å². The van der Waals surface area contributed by atoms with Gasteiger partial charge in [0.25, 0.3) is 0 Å². The van der Waals surface area contributed by atoms with E-state index >= 15 is 0 Å². The number of thiol groups is 1. The van der Waals surface area contributed by atoms with E-state index in [0.29, 0.717) is 4.90 Å². The highest BCUT2D eigenvalue weighted by Crippen LogP contribution is 2.37. The van der Waals surface area contributed by atoms with Crippen molar-refractivity contribution < 1.29 is 28.3 Å². The highest BCUT2D eigenvalue weighted by Gasteiger charge is 2.43. The van der Waals surface area contributed by atoms with Gasteiger partial charge in [-0.05, 0) is 18.2 Å². The first-order valence-electron chi connectivity index (χ1n) is 7.59. The fraction of sp³-hybridized carbons (Fsp3) is 0.250. The minimum Gasteiger partial charge on any atom is -0.475 e. The van der Waals surface area contributed by atoms with Gasteiger partial charge >= 0.3 is 5.91 Å². The summed E-state index contributed by atoms with van der Waals surface area (Å²) in [5, 5.41) is 11.5. The van der Waals surface area contributed by atoms with Crippen LogP contribution < -0.4 is 10.8 Å². The van der Waals surface area contributed by atoms with Gasteiger partial charge in [-0.25, -0.2) is 14.3 Å². The third-order valence-corrected chi connectivity index (χ3v) is 3.93. The molecule has 2 aliphatic heterocycles. The highest BCUT2D eigenvalue weighted by atomic mass is 32.1. The van der Waals surface area contributed by atoms with Gasteiger partial charge in [0.2, 0.25) is 5.76 Å². The summed E-state index contributed by atoms with van der Waals surface area (Å²) in [6, 6.07) is 4.18. The molecular formula is C16H15F2N3O4S. The highest BCUT2D eigenvalue weighted by molar-refractivity contribution is 7.80. The molecule has 1 aromatic rings. The van der Waals surface area contributed by atoms with E-state index in [1.807, 2.05) is 0 Å². The van der Waals surface area contributed by atoms with E-state index in [0.717, 1.165) is 6.20 Å². The van der Waals surface area contributed by atoms with E-state index in [-0.39, 0.29) is 30.4 Å². The number of ether oxygens (including phenoxy) is 1. The summed E-state index contributed by atoms with van der Waals surface area (Å²) in [6.45, 7) is -0.440. The molecule has 7 nitrogen and oxygen atoms in total. The molecule has 2 heterocycles. The summed E-state index contributed by atoms with van der Waals surface area (Å²) in [4.78, 5) is 21.2. The van der Waals surface area contributed by atoms with Crippen molar-refractivity contribution in [3.8, 4) is 0 Å². The van der Waals surface area contributed by atoms with Crippen LogP contribution in [-0.2, 0) is 14.4 Å². The largest absolute Gasteiger partial charge is 0.475 e. The van der Waals surface area contributed by atoms with Crippen LogP contribution in [0.5, 0.6) is 0 Å². The summed E-state index contributed by atoms with van der Waals surface area (Å²) in [5.41, 5.74) is 2.27. The number of hydrogen-bond donors (Lipinski definition) is 4. The van der Waals surface area contributed by atoms with Crippen molar-refractivity contribution in [2.45, 2.75) is 11.0 Å². The second-order valence-corrected chi connectivity index (χ2v) is 5.93. The molecular weight excluding hydrogens is 368 g/mol. The smallest absolute Gasteiger partial charge is 0.311 e. The fourth-order valence-corrected chi connectivity index (χ4v) is 2.69. The van der Waals surface area contributed by atoms with Gasteiger partial charge in [-0.3, -0.25) is 14.6 Å². The van der Waals surface area contributed by atoms with E-state index in [2.05, 4.69) is 28.4 Å². The number of hydroxylamine groups is 1. The number of anilines is 1. The van der Waals surface area contributed by atoms with Crippen LogP contribution in [0.3, 0.4) is 0 Å². The summed E-state index contributed by atoms with van der Waals surface area (Å²) < 4.78 is 33.6. The first kappa shape index (κ1) is 18.4. The molecule has 1 aromatic carbocycles. The van der Waals surface area contributed by atoms with Crippen molar-refractivity contribution in [1.82, 2.24) is 5.48 Å². The van der Waals surface area contributed by atoms with Crippen LogP contribution in [0.25, 0.3) is 0 Å². The molecule has 0 fully saturated rings. The zero-order valence-electron chi connectivity index (χ0n) is 13.3. The number of fused-ring (bicyclic) bond motifs is 1. The quantitative estimate of drug-likeness (QED) is 0.341. The monoisotopic (exact) mass is 383 g/mol. The van der Waals surface area contributed by atoms with Gasteiger partial charge in [0.05, 0.1) is 36.7 Å². The van der Waals surface area contributed by atoms with Crippen LogP contribution in [0.4, 0.5) is 14.5 Å². The second-order valence-electron chi connectivity index (χ2n) is 5.41. The van der Waals surface area contributed by atoms with Gasteiger partial charge in [-0.2, -0.15) is 0 Å². The Morgan fingerprint density at radius 3 is 2.96 bits per heavy atom. The lowest BCUT2D eigenvalue weighted by Crippen LogP contribution is -2.28. The molecule has 2 unspecified atom stereocenters. The number of nitrogens with one attached hydrogen (secondary N) is 2. The van der Waals surface area contributed by atoms with Gasteiger partial charge in [0.15, 0.2) is 11.9 Å². The van der Waals surface area contributed by atoms with Crippen molar-refractivity contribution in [2.24, 2.45) is 10.9 Å². The van der Waals surface area contributed by atoms with Crippen LogP contribution >= 0.6 is 12.6 Å². The summed E-state index contributed by atoms with van der Waals surface area (Å²) >= 11 is 4.05. The van der Waals surface area contributed by atoms with E-state index < -0.39 is 29.6 Å². The first-order chi connectivity index (χ1) is 12.5. The molecule has 2 aliphatic rings. The molecule has 0 saturated heterocycles. The first-order valence-corrected chi connectivity index (χ1v) is 8.04. The normalized spacial score (nSPS) is 21.2. The van der Waals surface area contributed by atoms with E-state index in [4.69, 9.17) is 14.7 Å². The maximum absolute atomic E-state index is 14.1. The Bertz CT molecular complexity index is 813. The molecule has 0 aromatic heterocycles. The number of amides is 1. The third kappa shape index (κ3) is 3.71. The third-order valence-electron chi connectivity index (χ3n) is 3.65. The molecule has 0 saturated carbocycles. The Morgan fingerprint density at radius 2 is 2.23 bits per heavy atom. The van der Waals surface area contributed by atoms with Crippen molar-refractivity contribution in [3.63, 3.8) is 0 Å². The van der Waals surface area contributed by atoms with Crippen molar-refractivity contribution >= 4 is 30.4 Å². The number of benzene rings is 1. The number of rotatable bonds is 6. The SMILES string of the molecule is O=C(NOCCO)C1=C(Nc2ccc(S)cc2F)C2C=NC=C(F)C2O1. The molecule has 3 N–H and O–H groups in total. The topological polar surface area (TPSA) is 92.2 Å². The number of aliphatic imine (C=N–C) groups is 1. The fourth-order valence-electron chi connectivity index (χ4n) is 2.50. The van der Waals surface area contributed by atoms with Crippen LogP contribution in [0.1, 0.15) is 0 Å². The molecule has 0 bridgehead atoms. The number of carbonyl (C=O) groups is 1. The molecule has 3 rings (SSSR count). The number of halogens is 2. The Balaban J connectivity index is 1.91. The van der Waals surface area contributed by atoms with Gasteiger partial charge in [0, 0.05) is 11.1 Å². The summed E-state index contributed by atoms with van der Waals surface area (Å²) in [6.07, 6.45) is 1.30. The average Bonchev–Trinajstić information content (AvgIpc) is 2.98. The zero-order valence-corrected chi connectivity index (χ0v) is 14.2. The standard InChI is InChI=1S/C16H15F2N3O4S/c17-10-5-8(26)1-2-12(10)20-13-9-6-19-7-11(18)14(9)25-15(13)16(23)21-24-4-3-22/h1-2,5-7,9,14,20,22,26H,3-4H2,(H,21,23). The number of aliphatic hydroxyl groups is 1. The molecule has 0 spiro atoms. The predicted molar refractivity (Wildman–Crippen MR) is 91.5 cm³/mol. The van der Waals surface area contributed by atoms with Crippen LogP contribution in [0.2, 0.25) is 0 Å². The summed E-state index contributed by atoms with van der Waals surface area (Å²) in [7, 11) is 0. The number of aliphatic hydroxyl groups excluding tert-OH is 1. The zero-order chi connectivity index (χ0) is 18.7. The van der Waals surface area contributed by atoms with E-state index in [1.165, 1.54) is 18.3 Å². The lowest BCUT2D eigenvalue weighted by atomic mass is 9.98. The van der Waals surface area contributed by atoms with Crippen LogP contribution in [0.15, 0.2) is 51.6 Å². The summed E-state index contributed by atoms with van der Waals surface area (Å²) in [5.74, 6) is -3.07. The Morgan fingerprint density at radius 1 is 1.42 bits per heavy atom. The second kappa shape index (κ2) is 7.85. The van der Waals surface area contributed by atoms with E-state index in [1.54, 1.807) is 6.07 Å².